The lowest BCUT2D eigenvalue weighted by molar-refractivity contribution is -0.139. The van der Waals surface area contributed by atoms with E-state index in [1.807, 2.05) is 13.8 Å². The molecule has 1 aliphatic rings. The zero-order chi connectivity index (χ0) is 21.5. The fourth-order valence-corrected chi connectivity index (χ4v) is 4.69. The van der Waals surface area contributed by atoms with Gasteiger partial charge in [-0.15, -0.1) is 6.58 Å². The zero-order valence-electron chi connectivity index (χ0n) is 17.2. The van der Waals surface area contributed by atoms with E-state index in [0.29, 0.717) is 31.5 Å². The highest BCUT2D eigenvalue weighted by molar-refractivity contribution is 7.89. The first-order valence-electron chi connectivity index (χ1n) is 10.1. The number of nitrogens with zero attached hydrogens (tertiary/aromatic N) is 1. The predicted octanol–water partition coefficient (Wildman–Crippen LogP) is 2.45. The normalized spacial score (nSPS) is 16.1. The molecule has 160 valence electrons. The Hall–Kier alpha value is -2.19. The predicted molar refractivity (Wildman–Crippen MR) is 113 cm³/mol. The SMILES string of the molecule is C=CCNS(=O)(=O)c1ccc(C(=O)NC2(C(=O)N(CC)CC)CCCCC2)cc1. The average Bonchev–Trinajstić information content (AvgIpc) is 2.73. The third-order valence-electron chi connectivity index (χ3n) is 5.36. The molecule has 0 aliphatic heterocycles. The summed E-state index contributed by atoms with van der Waals surface area (Å²) in [5.74, 6) is -0.404. The summed E-state index contributed by atoms with van der Waals surface area (Å²) in [6.07, 6.45) is 5.51. The van der Waals surface area contributed by atoms with Gasteiger partial charge in [0.15, 0.2) is 0 Å². The smallest absolute Gasteiger partial charge is 0.252 e. The quantitative estimate of drug-likeness (QED) is 0.599. The second kappa shape index (κ2) is 10.0. The van der Waals surface area contributed by atoms with Crippen molar-refractivity contribution in [3.63, 3.8) is 0 Å². The minimum absolute atomic E-state index is 0.0385. The van der Waals surface area contributed by atoms with Gasteiger partial charge in [0.1, 0.15) is 5.54 Å². The van der Waals surface area contributed by atoms with Gasteiger partial charge in [-0.1, -0.05) is 25.3 Å². The Morgan fingerprint density at radius 2 is 1.69 bits per heavy atom. The molecule has 2 rings (SSSR count). The molecular formula is C21H31N3O4S. The van der Waals surface area contributed by atoms with E-state index in [4.69, 9.17) is 0 Å². The standard InChI is InChI=1S/C21H31N3O4S/c1-4-16-22-29(27,28)18-12-10-17(11-13-18)19(25)23-21(14-8-7-9-15-21)20(26)24(5-2)6-3/h4,10-13,22H,1,5-9,14-16H2,2-3H3,(H,23,25). The first kappa shape index (κ1) is 23.1. The van der Waals surface area contributed by atoms with Crippen molar-refractivity contribution in [3.8, 4) is 0 Å². The maximum absolute atomic E-state index is 13.2. The Morgan fingerprint density at radius 1 is 1.10 bits per heavy atom. The van der Waals surface area contributed by atoms with Crippen LogP contribution in [0.4, 0.5) is 0 Å². The van der Waals surface area contributed by atoms with Crippen LogP contribution in [0, 0.1) is 0 Å². The summed E-state index contributed by atoms with van der Waals surface area (Å²) in [7, 11) is -3.65. The van der Waals surface area contributed by atoms with E-state index in [9.17, 15) is 18.0 Å². The molecular weight excluding hydrogens is 390 g/mol. The molecule has 1 aromatic carbocycles. The first-order chi connectivity index (χ1) is 13.8. The molecule has 2 amide bonds. The number of carbonyl (C=O) groups excluding carboxylic acids is 2. The summed E-state index contributed by atoms with van der Waals surface area (Å²) in [6.45, 7) is 8.66. The third kappa shape index (κ3) is 5.45. The van der Waals surface area contributed by atoms with Crippen LogP contribution in [0.1, 0.15) is 56.3 Å². The van der Waals surface area contributed by atoms with Crippen LogP contribution in [0.25, 0.3) is 0 Å². The van der Waals surface area contributed by atoms with Crippen LogP contribution in [0.3, 0.4) is 0 Å². The van der Waals surface area contributed by atoms with Crippen LogP contribution in [0.2, 0.25) is 0 Å². The van der Waals surface area contributed by atoms with Gasteiger partial charge in [-0.2, -0.15) is 0 Å². The molecule has 1 aliphatic carbocycles. The van der Waals surface area contributed by atoms with E-state index in [1.165, 1.54) is 30.3 Å². The number of likely N-dealkylation sites (N-methyl/N-ethyl adjacent to an activating group) is 1. The second-order valence-electron chi connectivity index (χ2n) is 7.24. The molecule has 7 nitrogen and oxygen atoms in total. The maximum atomic E-state index is 13.2. The van der Waals surface area contributed by atoms with Crippen molar-refractivity contribution < 1.29 is 18.0 Å². The van der Waals surface area contributed by atoms with E-state index in [0.717, 1.165) is 19.3 Å². The molecule has 0 heterocycles. The lowest BCUT2D eigenvalue weighted by Gasteiger charge is -2.40. The van der Waals surface area contributed by atoms with Gasteiger partial charge in [-0.3, -0.25) is 9.59 Å². The maximum Gasteiger partial charge on any atom is 0.252 e. The molecule has 1 fully saturated rings. The van der Waals surface area contributed by atoms with Crippen LogP contribution < -0.4 is 10.0 Å². The second-order valence-corrected chi connectivity index (χ2v) is 9.01. The number of amides is 2. The number of benzene rings is 1. The van der Waals surface area contributed by atoms with Crippen molar-refractivity contribution in [1.82, 2.24) is 14.9 Å². The molecule has 0 bridgehead atoms. The molecule has 0 aromatic heterocycles. The van der Waals surface area contributed by atoms with Gasteiger partial charge in [0.05, 0.1) is 4.90 Å². The summed E-state index contributed by atoms with van der Waals surface area (Å²) >= 11 is 0. The number of sulfonamides is 1. The van der Waals surface area contributed by atoms with Crippen LogP contribution in [-0.4, -0.2) is 50.3 Å². The minimum atomic E-state index is -3.65. The Labute approximate surface area is 173 Å². The van der Waals surface area contributed by atoms with Crippen LogP contribution >= 0.6 is 0 Å². The van der Waals surface area contributed by atoms with E-state index >= 15 is 0 Å². The lowest BCUT2D eigenvalue weighted by atomic mass is 9.80. The van der Waals surface area contributed by atoms with Gasteiger partial charge in [-0.05, 0) is 51.0 Å². The molecule has 0 spiro atoms. The number of hydrogen-bond donors (Lipinski definition) is 2. The van der Waals surface area contributed by atoms with E-state index in [2.05, 4.69) is 16.6 Å². The molecule has 0 saturated heterocycles. The molecule has 8 heteroatoms. The minimum Gasteiger partial charge on any atom is -0.341 e. The first-order valence-corrected chi connectivity index (χ1v) is 11.6. The van der Waals surface area contributed by atoms with Gasteiger partial charge in [-0.25, -0.2) is 13.1 Å². The number of rotatable bonds is 9. The highest BCUT2D eigenvalue weighted by Gasteiger charge is 2.42. The van der Waals surface area contributed by atoms with Gasteiger partial charge >= 0.3 is 0 Å². The summed E-state index contributed by atoms with van der Waals surface area (Å²) in [5.41, 5.74) is -0.567. The van der Waals surface area contributed by atoms with Crippen molar-refractivity contribution in [2.24, 2.45) is 0 Å². The Morgan fingerprint density at radius 3 is 2.21 bits per heavy atom. The molecule has 1 aromatic rings. The summed E-state index contributed by atoms with van der Waals surface area (Å²) < 4.78 is 26.7. The number of hydrogen-bond acceptors (Lipinski definition) is 4. The molecule has 0 radical (unpaired) electrons. The molecule has 29 heavy (non-hydrogen) atoms. The highest BCUT2D eigenvalue weighted by atomic mass is 32.2. The Bertz CT molecular complexity index is 824. The lowest BCUT2D eigenvalue weighted by Crippen LogP contribution is -2.60. The van der Waals surface area contributed by atoms with E-state index in [1.54, 1.807) is 4.90 Å². The fraction of sp³-hybridized carbons (Fsp3) is 0.524. The van der Waals surface area contributed by atoms with Gasteiger partial charge in [0, 0.05) is 25.2 Å². The zero-order valence-corrected chi connectivity index (χ0v) is 18.1. The topological polar surface area (TPSA) is 95.6 Å². The number of carbonyl (C=O) groups is 2. The van der Waals surface area contributed by atoms with Gasteiger partial charge in [0.2, 0.25) is 15.9 Å². The molecule has 2 N–H and O–H groups in total. The van der Waals surface area contributed by atoms with Crippen molar-refractivity contribution in [2.45, 2.75) is 56.4 Å². The van der Waals surface area contributed by atoms with Crippen molar-refractivity contribution in [1.29, 1.82) is 0 Å². The fourth-order valence-electron chi connectivity index (χ4n) is 3.69. The van der Waals surface area contributed by atoms with Crippen LogP contribution in [0.5, 0.6) is 0 Å². The largest absolute Gasteiger partial charge is 0.341 e. The van der Waals surface area contributed by atoms with E-state index < -0.39 is 15.6 Å². The summed E-state index contributed by atoms with van der Waals surface area (Å²) in [5, 5.41) is 2.98. The molecule has 1 saturated carbocycles. The van der Waals surface area contributed by atoms with Crippen molar-refractivity contribution >= 4 is 21.8 Å². The highest BCUT2D eigenvalue weighted by Crippen LogP contribution is 2.30. The summed E-state index contributed by atoms with van der Waals surface area (Å²) in [4.78, 5) is 27.9. The molecule has 0 atom stereocenters. The number of nitrogens with one attached hydrogen (secondary N) is 2. The van der Waals surface area contributed by atoms with Crippen LogP contribution in [-0.2, 0) is 14.8 Å². The van der Waals surface area contributed by atoms with E-state index in [-0.39, 0.29) is 23.3 Å². The van der Waals surface area contributed by atoms with Gasteiger partial charge < -0.3 is 10.2 Å². The third-order valence-corrected chi connectivity index (χ3v) is 6.80. The molecule has 0 unspecified atom stereocenters. The van der Waals surface area contributed by atoms with Crippen molar-refractivity contribution in [3.05, 3.63) is 42.5 Å². The Balaban J connectivity index is 2.21. The average molecular weight is 422 g/mol. The van der Waals surface area contributed by atoms with Gasteiger partial charge in [0.25, 0.3) is 5.91 Å². The van der Waals surface area contributed by atoms with Crippen molar-refractivity contribution in [2.75, 3.05) is 19.6 Å². The monoisotopic (exact) mass is 421 g/mol. The van der Waals surface area contributed by atoms with Crippen LogP contribution in [0.15, 0.2) is 41.8 Å². The summed E-state index contributed by atoms with van der Waals surface area (Å²) in [6, 6.07) is 5.71. The Kier molecular flexibility index (Phi) is 7.98.